The second kappa shape index (κ2) is 5.80. The average molecular weight is 389 g/mol. The van der Waals surface area contributed by atoms with Crippen molar-refractivity contribution in [1.82, 2.24) is 29.9 Å². The monoisotopic (exact) mass is 388 g/mol. The first-order chi connectivity index (χ1) is 12.9. The summed E-state index contributed by atoms with van der Waals surface area (Å²) in [5.74, 6) is 1.36. The highest BCUT2D eigenvalue weighted by molar-refractivity contribution is 6.28. The molecule has 2 heterocycles. The maximum Gasteiger partial charge on any atom is 0.242 e. The molecule has 0 aromatic carbocycles. The first kappa shape index (κ1) is 17.2. The predicted octanol–water partition coefficient (Wildman–Crippen LogP) is 2.59. The molecule has 4 fully saturated rings. The predicted molar refractivity (Wildman–Crippen MR) is 99.9 cm³/mol. The molecule has 2 atom stereocenters. The number of halogens is 1. The molecular formula is C19H25ClN6O. The lowest BCUT2D eigenvalue weighted by atomic mass is 9.46. The summed E-state index contributed by atoms with van der Waals surface area (Å²) >= 11 is 6.00. The van der Waals surface area contributed by atoms with Crippen molar-refractivity contribution >= 4 is 17.5 Å². The van der Waals surface area contributed by atoms with Gasteiger partial charge in [-0.1, -0.05) is 0 Å². The zero-order valence-corrected chi connectivity index (χ0v) is 16.5. The maximum absolute atomic E-state index is 13.4. The average Bonchev–Trinajstić information content (AvgIpc) is 3.19. The van der Waals surface area contributed by atoms with Crippen molar-refractivity contribution in [2.24, 2.45) is 24.3 Å². The number of aryl methyl sites for hydroxylation is 1. The van der Waals surface area contributed by atoms with Crippen LogP contribution in [-0.4, -0.2) is 30.5 Å². The Morgan fingerprint density at radius 3 is 2.67 bits per heavy atom. The van der Waals surface area contributed by atoms with Gasteiger partial charge in [0.2, 0.25) is 11.2 Å². The van der Waals surface area contributed by atoms with Crippen LogP contribution < -0.4 is 5.32 Å². The third kappa shape index (κ3) is 2.62. The van der Waals surface area contributed by atoms with Crippen LogP contribution in [0.25, 0.3) is 0 Å². The third-order valence-corrected chi connectivity index (χ3v) is 7.41. The number of rotatable bonds is 4. The van der Waals surface area contributed by atoms with E-state index in [0.29, 0.717) is 18.4 Å². The van der Waals surface area contributed by atoms with Crippen LogP contribution in [0.4, 0.5) is 0 Å². The molecule has 1 amide bonds. The standard InChI is InChI=1S/C19H25ClN6O/c1-12-15(9-23-25(12)2)8-21-16(27)18-4-13-3-14(5-18)7-19(6-13,10-18)26-11-22-17(20)24-26/h9,11,13-14H,3-8,10H2,1-2H3,(H,21,27). The zero-order chi connectivity index (χ0) is 18.8. The number of nitrogens with zero attached hydrogens (tertiary/aromatic N) is 5. The number of nitrogens with one attached hydrogen (secondary N) is 1. The molecule has 0 spiro atoms. The van der Waals surface area contributed by atoms with Crippen molar-refractivity contribution in [3.63, 3.8) is 0 Å². The molecule has 2 aromatic heterocycles. The molecule has 144 valence electrons. The van der Waals surface area contributed by atoms with Crippen LogP contribution in [-0.2, 0) is 23.9 Å². The van der Waals surface area contributed by atoms with E-state index in [2.05, 4.69) is 20.5 Å². The first-order valence-electron chi connectivity index (χ1n) is 9.73. The molecule has 27 heavy (non-hydrogen) atoms. The summed E-state index contributed by atoms with van der Waals surface area (Å²) in [6.07, 6.45) is 9.82. The van der Waals surface area contributed by atoms with Crippen LogP contribution >= 0.6 is 11.6 Å². The number of carbonyl (C=O) groups excluding carboxylic acids is 1. The van der Waals surface area contributed by atoms with Gasteiger partial charge < -0.3 is 5.32 Å². The second-order valence-electron chi connectivity index (χ2n) is 8.99. The summed E-state index contributed by atoms with van der Waals surface area (Å²) in [6, 6.07) is 0. The van der Waals surface area contributed by atoms with E-state index in [9.17, 15) is 4.79 Å². The lowest BCUT2D eigenvalue weighted by molar-refractivity contribution is -0.156. The Hall–Kier alpha value is -1.89. The molecule has 0 aliphatic heterocycles. The van der Waals surface area contributed by atoms with E-state index in [1.807, 2.05) is 29.5 Å². The Bertz CT molecular complexity index is 888. The number of hydrogen-bond acceptors (Lipinski definition) is 4. The number of aromatic nitrogens is 5. The lowest BCUT2D eigenvalue weighted by Crippen LogP contribution is -2.61. The van der Waals surface area contributed by atoms with Crippen LogP contribution in [0.15, 0.2) is 12.5 Å². The normalized spacial score (nSPS) is 34.2. The van der Waals surface area contributed by atoms with Crippen molar-refractivity contribution in [1.29, 1.82) is 0 Å². The number of hydrogen-bond donors (Lipinski definition) is 1. The van der Waals surface area contributed by atoms with E-state index < -0.39 is 0 Å². The van der Waals surface area contributed by atoms with Crippen LogP contribution in [0, 0.1) is 24.2 Å². The third-order valence-electron chi connectivity index (χ3n) is 7.24. The summed E-state index contributed by atoms with van der Waals surface area (Å²) in [6.45, 7) is 2.57. The van der Waals surface area contributed by atoms with Gasteiger partial charge in [-0.3, -0.25) is 9.48 Å². The zero-order valence-electron chi connectivity index (χ0n) is 15.8. The van der Waals surface area contributed by atoms with Crippen molar-refractivity contribution in [2.45, 2.75) is 57.5 Å². The van der Waals surface area contributed by atoms with Crippen LogP contribution in [0.2, 0.25) is 5.28 Å². The van der Waals surface area contributed by atoms with Crippen molar-refractivity contribution in [2.75, 3.05) is 0 Å². The Morgan fingerprint density at radius 2 is 2.07 bits per heavy atom. The molecule has 1 N–H and O–H groups in total. The van der Waals surface area contributed by atoms with E-state index in [0.717, 1.165) is 43.4 Å². The fourth-order valence-corrected chi connectivity index (χ4v) is 6.43. The smallest absolute Gasteiger partial charge is 0.242 e. The fourth-order valence-electron chi connectivity index (χ4n) is 6.30. The molecule has 4 aliphatic rings. The van der Waals surface area contributed by atoms with Gasteiger partial charge in [-0.25, -0.2) is 9.67 Å². The summed E-state index contributed by atoms with van der Waals surface area (Å²) in [7, 11) is 1.92. The molecule has 6 rings (SSSR count). The molecule has 7 nitrogen and oxygen atoms in total. The molecular weight excluding hydrogens is 364 g/mol. The van der Waals surface area contributed by atoms with E-state index in [1.165, 1.54) is 6.42 Å². The highest BCUT2D eigenvalue weighted by atomic mass is 35.5. The summed E-state index contributed by atoms with van der Waals surface area (Å²) in [5.41, 5.74) is 1.77. The van der Waals surface area contributed by atoms with Gasteiger partial charge in [0.05, 0.1) is 17.2 Å². The Morgan fingerprint density at radius 1 is 1.33 bits per heavy atom. The minimum absolute atomic E-state index is 0.105. The largest absolute Gasteiger partial charge is 0.351 e. The van der Waals surface area contributed by atoms with E-state index >= 15 is 0 Å². The second-order valence-corrected chi connectivity index (χ2v) is 9.32. The molecule has 8 heteroatoms. The van der Waals surface area contributed by atoms with Crippen LogP contribution in [0.1, 0.15) is 49.8 Å². The van der Waals surface area contributed by atoms with Gasteiger partial charge >= 0.3 is 0 Å². The molecule has 4 saturated carbocycles. The minimum atomic E-state index is -0.293. The van der Waals surface area contributed by atoms with Crippen molar-refractivity contribution < 1.29 is 4.79 Å². The van der Waals surface area contributed by atoms with Gasteiger partial charge in [0.25, 0.3) is 0 Å². The fraction of sp³-hybridized carbons (Fsp3) is 0.684. The van der Waals surface area contributed by atoms with Crippen LogP contribution in [0.3, 0.4) is 0 Å². The summed E-state index contributed by atoms with van der Waals surface area (Å²) < 4.78 is 3.80. The van der Waals surface area contributed by atoms with Crippen molar-refractivity contribution in [3.05, 3.63) is 29.1 Å². The molecule has 2 unspecified atom stereocenters. The quantitative estimate of drug-likeness (QED) is 0.873. The van der Waals surface area contributed by atoms with Gasteiger partial charge in [-0.05, 0) is 68.9 Å². The molecule has 2 aromatic rings. The van der Waals surface area contributed by atoms with E-state index in [-0.39, 0.29) is 22.1 Å². The molecule has 0 radical (unpaired) electrons. The SMILES string of the molecule is Cc1c(CNC(=O)C23CC4CC(C2)CC(n2cnc(Cl)n2)(C4)C3)cnn1C. The van der Waals surface area contributed by atoms with Gasteiger partial charge in [-0.15, -0.1) is 5.10 Å². The number of carbonyl (C=O) groups is 1. The molecule has 4 bridgehead atoms. The minimum Gasteiger partial charge on any atom is -0.351 e. The lowest BCUT2D eigenvalue weighted by Gasteiger charge is -2.60. The highest BCUT2D eigenvalue weighted by Gasteiger charge is 2.61. The summed E-state index contributed by atoms with van der Waals surface area (Å²) in [4.78, 5) is 17.5. The Kier molecular flexibility index (Phi) is 3.70. The van der Waals surface area contributed by atoms with Crippen molar-refractivity contribution in [3.8, 4) is 0 Å². The van der Waals surface area contributed by atoms with Gasteiger partial charge in [0.15, 0.2) is 0 Å². The van der Waals surface area contributed by atoms with E-state index in [4.69, 9.17) is 11.6 Å². The summed E-state index contributed by atoms with van der Waals surface area (Å²) in [5, 5.41) is 12.2. The Balaban J connectivity index is 1.40. The molecule has 4 aliphatic carbocycles. The van der Waals surface area contributed by atoms with Crippen LogP contribution in [0.5, 0.6) is 0 Å². The van der Waals surface area contributed by atoms with Gasteiger partial charge in [0, 0.05) is 24.8 Å². The molecule has 0 saturated heterocycles. The van der Waals surface area contributed by atoms with Gasteiger partial charge in [-0.2, -0.15) is 5.10 Å². The maximum atomic E-state index is 13.4. The van der Waals surface area contributed by atoms with E-state index in [1.54, 1.807) is 6.33 Å². The highest BCUT2D eigenvalue weighted by Crippen LogP contribution is 2.64. The number of amides is 1. The first-order valence-corrected chi connectivity index (χ1v) is 10.1. The Labute approximate surface area is 163 Å². The van der Waals surface area contributed by atoms with Gasteiger partial charge in [0.1, 0.15) is 6.33 Å². The topological polar surface area (TPSA) is 77.6 Å².